The molecule has 0 amide bonds. The molecule has 1 aromatic rings. The van der Waals surface area contributed by atoms with Crippen molar-refractivity contribution in [2.45, 2.75) is 51.7 Å². The molecule has 1 saturated carbocycles. The Morgan fingerprint density at radius 1 is 1.47 bits per heavy atom. The van der Waals surface area contributed by atoms with E-state index in [-0.39, 0.29) is 0 Å². The molecule has 4 heteroatoms. The Kier molecular flexibility index (Phi) is 4.05. The third-order valence-corrected chi connectivity index (χ3v) is 3.74. The third-order valence-electron chi connectivity index (χ3n) is 3.74. The zero-order chi connectivity index (χ0) is 12.3. The highest BCUT2D eigenvalue weighted by molar-refractivity contribution is 5.27. The Morgan fingerprint density at radius 3 is 2.76 bits per heavy atom. The second-order valence-electron chi connectivity index (χ2n) is 4.76. The van der Waals surface area contributed by atoms with E-state index in [0.717, 1.165) is 25.1 Å². The molecule has 1 aliphatic carbocycles. The van der Waals surface area contributed by atoms with Gasteiger partial charge in [-0.3, -0.25) is 4.68 Å². The zero-order valence-corrected chi connectivity index (χ0v) is 10.7. The predicted molar refractivity (Wildman–Crippen MR) is 66.0 cm³/mol. The van der Waals surface area contributed by atoms with Gasteiger partial charge in [0.2, 0.25) is 0 Å². The maximum Gasteiger partial charge on any atom is 0.162 e. The summed E-state index contributed by atoms with van der Waals surface area (Å²) in [5.41, 5.74) is 0.849. The highest BCUT2D eigenvalue weighted by Crippen LogP contribution is 2.37. The minimum absolute atomic E-state index is 0.361. The van der Waals surface area contributed by atoms with Gasteiger partial charge in [0.1, 0.15) is 11.8 Å². The van der Waals surface area contributed by atoms with Crippen LogP contribution in [0.3, 0.4) is 0 Å². The summed E-state index contributed by atoms with van der Waals surface area (Å²) < 4.78 is 7.14. The molecule has 0 radical (unpaired) electrons. The maximum absolute atomic E-state index is 10.5. The van der Waals surface area contributed by atoms with E-state index in [9.17, 15) is 5.11 Å². The molecule has 0 spiro atoms. The number of ether oxygens (including phenoxy) is 1. The van der Waals surface area contributed by atoms with Crippen LogP contribution in [0, 0.1) is 5.92 Å². The van der Waals surface area contributed by atoms with E-state index in [1.54, 1.807) is 13.3 Å². The van der Waals surface area contributed by atoms with Gasteiger partial charge in [0, 0.05) is 6.54 Å². The van der Waals surface area contributed by atoms with Crippen LogP contribution >= 0.6 is 0 Å². The molecule has 0 aromatic carbocycles. The summed E-state index contributed by atoms with van der Waals surface area (Å²) in [6.45, 7) is 2.80. The van der Waals surface area contributed by atoms with Crippen LogP contribution in [0.1, 0.15) is 50.8 Å². The number of aliphatic hydroxyl groups is 1. The van der Waals surface area contributed by atoms with Gasteiger partial charge in [0.15, 0.2) is 5.75 Å². The van der Waals surface area contributed by atoms with E-state index in [1.807, 2.05) is 11.6 Å². The van der Waals surface area contributed by atoms with E-state index in [2.05, 4.69) is 5.10 Å². The summed E-state index contributed by atoms with van der Waals surface area (Å²) in [4.78, 5) is 0. The van der Waals surface area contributed by atoms with Crippen molar-refractivity contribution < 1.29 is 9.84 Å². The summed E-state index contributed by atoms with van der Waals surface area (Å²) in [7, 11) is 1.63. The van der Waals surface area contributed by atoms with Crippen LogP contribution in [-0.2, 0) is 6.54 Å². The molecule has 0 bridgehead atoms. The first-order valence-corrected chi connectivity index (χ1v) is 6.55. The molecule has 0 saturated heterocycles. The lowest BCUT2D eigenvalue weighted by molar-refractivity contribution is 0.0745. The number of aryl methyl sites for hydroxylation is 1. The Balaban J connectivity index is 2.21. The van der Waals surface area contributed by atoms with Crippen molar-refractivity contribution in [2.24, 2.45) is 5.92 Å². The van der Waals surface area contributed by atoms with Crippen LogP contribution in [0.2, 0.25) is 0 Å². The van der Waals surface area contributed by atoms with E-state index in [1.165, 1.54) is 19.3 Å². The smallest absolute Gasteiger partial charge is 0.162 e. The molecule has 4 nitrogen and oxygen atoms in total. The molecule has 2 rings (SSSR count). The molecule has 1 heterocycles. The normalized spacial score (nSPS) is 19.2. The van der Waals surface area contributed by atoms with Crippen LogP contribution in [0.5, 0.6) is 5.75 Å². The summed E-state index contributed by atoms with van der Waals surface area (Å²) in [5.74, 6) is 1.07. The Labute approximate surface area is 103 Å². The van der Waals surface area contributed by atoms with Crippen LogP contribution in [0.25, 0.3) is 0 Å². The average Bonchev–Trinajstić information content (AvgIpc) is 2.81. The number of aliphatic hydroxyl groups excluding tert-OH is 1. The fourth-order valence-corrected chi connectivity index (χ4v) is 2.76. The zero-order valence-electron chi connectivity index (χ0n) is 10.7. The molecule has 1 aliphatic rings. The van der Waals surface area contributed by atoms with Gasteiger partial charge in [0.05, 0.1) is 13.3 Å². The van der Waals surface area contributed by atoms with Crippen molar-refractivity contribution in [3.63, 3.8) is 0 Å². The Hall–Kier alpha value is -1.03. The second-order valence-corrected chi connectivity index (χ2v) is 4.76. The molecule has 1 N–H and O–H groups in total. The van der Waals surface area contributed by atoms with Crippen molar-refractivity contribution in [1.29, 1.82) is 0 Å². The molecule has 0 aliphatic heterocycles. The van der Waals surface area contributed by atoms with Crippen molar-refractivity contribution in [3.05, 3.63) is 11.9 Å². The minimum atomic E-state index is -0.437. The summed E-state index contributed by atoms with van der Waals surface area (Å²) in [6, 6.07) is 0. The van der Waals surface area contributed by atoms with Crippen LogP contribution in [-0.4, -0.2) is 22.0 Å². The first kappa shape index (κ1) is 12.4. The predicted octanol–water partition coefficient (Wildman–Crippen LogP) is 2.53. The SMILES string of the molecule is CCn1ncc(OC)c1C(O)C1CCCCC1. The summed E-state index contributed by atoms with van der Waals surface area (Å²) in [5, 5.41) is 14.8. The van der Waals surface area contributed by atoms with Gasteiger partial charge in [-0.2, -0.15) is 5.10 Å². The average molecular weight is 238 g/mol. The lowest BCUT2D eigenvalue weighted by Crippen LogP contribution is -2.19. The van der Waals surface area contributed by atoms with Gasteiger partial charge in [-0.1, -0.05) is 19.3 Å². The summed E-state index contributed by atoms with van der Waals surface area (Å²) in [6.07, 6.45) is 7.23. The highest BCUT2D eigenvalue weighted by atomic mass is 16.5. The van der Waals surface area contributed by atoms with Crippen molar-refractivity contribution in [1.82, 2.24) is 9.78 Å². The number of rotatable bonds is 4. The number of aromatic nitrogens is 2. The first-order chi connectivity index (χ1) is 8.27. The Morgan fingerprint density at radius 2 is 2.18 bits per heavy atom. The topological polar surface area (TPSA) is 47.3 Å². The van der Waals surface area contributed by atoms with E-state index in [4.69, 9.17) is 4.74 Å². The van der Waals surface area contributed by atoms with Crippen molar-refractivity contribution >= 4 is 0 Å². The van der Waals surface area contributed by atoms with Gasteiger partial charge < -0.3 is 9.84 Å². The third kappa shape index (κ3) is 2.46. The monoisotopic (exact) mass is 238 g/mol. The fourth-order valence-electron chi connectivity index (χ4n) is 2.76. The molecular weight excluding hydrogens is 216 g/mol. The lowest BCUT2D eigenvalue weighted by atomic mass is 9.84. The first-order valence-electron chi connectivity index (χ1n) is 6.55. The van der Waals surface area contributed by atoms with E-state index < -0.39 is 6.10 Å². The molecule has 1 atom stereocenters. The van der Waals surface area contributed by atoms with Crippen LogP contribution in [0.15, 0.2) is 6.20 Å². The van der Waals surface area contributed by atoms with Crippen LogP contribution in [0.4, 0.5) is 0 Å². The molecule has 1 unspecified atom stereocenters. The maximum atomic E-state index is 10.5. The van der Waals surface area contributed by atoms with Gasteiger partial charge in [0.25, 0.3) is 0 Å². The van der Waals surface area contributed by atoms with Gasteiger partial charge >= 0.3 is 0 Å². The van der Waals surface area contributed by atoms with Gasteiger partial charge in [-0.25, -0.2) is 0 Å². The largest absolute Gasteiger partial charge is 0.493 e. The van der Waals surface area contributed by atoms with Gasteiger partial charge in [-0.15, -0.1) is 0 Å². The summed E-state index contributed by atoms with van der Waals surface area (Å²) >= 11 is 0. The number of methoxy groups -OCH3 is 1. The van der Waals surface area contributed by atoms with Gasteiger partial charge in [-0.05, 0) is 25.7 Å². The van der Waals surface area contributed by atoms with E-state index in [0.29, 0.717) is 11.7 Å². The number of hydrogen-bond donors (Lipinski definition) is 1. The molecule has 1 fully saturated rings. The van der Waals surface area contributed by atoms with Crippen LogP contribution < -0.4 is 4.74 Å². The quantitative estimate of drug-likeness (QED) is 0.876. The fraction of sp³-hybridized carbons (Fsp3) is 0.769. The highest BCUT2D eigenvalue weighted by Gasteiger charge is 2.28. The number of nitrogens with zero attached hydrogens (tertiary/aromatic N) is 2. The molecule has 96 valence electrons. The van der Waals surface area contributed by atoms with Crippen molar-refractivity contribution in [3.8, 4) is 5.75 Å². The standard InChI is InChI=1S/C13H22N2O2/c1-3-15-12(11(17-2)9-14-15)13(16)10-7-5-4-6-8-10/h9-10,13,16H,3-8H2,1-2H3. The molecular formula is C13H22N2O2. The van der Waals surface area contributed by atoms with E-state index >= 15 is 0 Å². The number of hydrogen-bond acceptors (Lipinski definition) is 3. The molecule has 1 aromatic heterocycles. The molecule has 17 heavy (non-hydrogen) atoms. The second kappa shape index (κ2) is 5.54. The Bertz CT molecular complexity index is 335. The minimum Gasteiger partial charge on any atom is -0.493 e. The lowest BCUT2D eigenvalue weighted by Gasteiger charge is -2.27. The van der Waals surface area contributed by atoms with Crippen molar-refractivity contribution in [2.75, 3.05) is 7.11 Å².